The molecule has 1 heterocycles. The second-order valence-corrected chi connectivity index (χ2v) is 3.84. The van der Waals surface area contributed by atoms with E-state index < -0.39 is 0 Å². The van der Waals surface area contributed by atoms with Crippen molar-refractivity contribution in [3.05, 3.63) is 47.8 Å². The van der Waals surface area contributed by atoms with Gasteiger partial charge in [-0.2, -0.15) is 5.10 Å². The summed E-state index contributed by atoms with van der Waals surface area (Å²) in [5.41, 5.74) is 7.80. The van der Waals surface area contributed by atoms with E-state index in [9.17, 15) is 0 Å². The molecule has 2 aromatic rings. The quantitative estimate of drug-likeness (QED) is 0.852. The van der Waals surface area contributed by atoms with Crippen molar-refractivity contribution in [2.45, 2.75) is 20.0 Å². The largest absolute Gasteiger partial charge is 0.492 e. The third kappa shape index (κ3) is 2.85. The average molecular weight is 231 g/mol. The van der Waals surface area contributed by atoms with Crippen LogP contribution in [0.25, 0.3) is 0 Å². The van der Waals surface area contributed by atoms with Crippen LogP contribution in [0.5, 0.6) is 5.75 Å². The Kier molecular flexibility index (Phi) is 3.77. The Morgan fingerprint density at radius 3 is 2.71 bits per heavy atom. The number of hydrogen-bond donors (Lipinski definition) is 1. The van der Waals surface area contributed by atoms with Gasteiger partial charge in [-0.1, -0.05) is 18.2 Å². The summed E-state index contributed by atoms with van der Waals surface area (Å²) in [5.74, 6) is 0.886. The Morgan fingerprint density at radius 2 is 2.06 bits per heavy atom. The van der Waals surface area contributed by atoms with Crippen LogP contribution in [-0.4, -0.2) is 16.4 Å². The van der Waals surface area contributed by atoms with Gasteiger partial charge in [0.05, 0.1) is 12.7 Å². The lowest BCUT2D eigenvalue weighted by Crippen LogP contribution is -2.11. The van der Waals surface area contributed by atoms with E-state index in [-0.39, 0.29) is 0 Å². The highest BCUT2D eigenvalue weighted by Crippen LogP contribution is 2.09. The molecule has 4 nitrogen and oxygen atoms in total. The zero-order valence-corrected chi connectivity index (χ0v) is 9.97. The first-order chi connectivity index (χ1) is 8.31. The van der Waals surface area contributed by atoms with Gasteiger partial charge in [-0.15, -0.1) is 0 Å². The maximum absolute atomic E-state index is 5.62. The van der Waals surface area contributed by atoms with Crippen molar-refractivity contribution in [2.24, 2.45) is 5.73 Å². The van der Waals surface area contributed by atoms with Crippen molar-refractivity contribution in [3.63, 3.8) is 0 Å². The topological polar surface area (TPSA) is 53.1 Å². The molecular weight excluding hydrogens is 214 g/mol. The SMILES string of the molecule is Cc1c(CN)cnn1CCOc1ccccc1. The van der Waals surface area contributed by atoms with Gasteiger partial charge in [0, 0.05) is 17.8 Å². The highest BCUT2D eigenvalue weighted by atomic mass is 16.5. The van der Waals surface area contributed by atoms with Crippen LogP contribution in [0.4, 0.5) is 0 Å². The molecule has 0 unspecified atom stereocenters. The summed E-state index contributed by atoms with van der Waals surface area (Å²) in [6, 6.07) is 9.78. The Morgan fingerprint density at radius 1 is 1.29 bits per heavy atom. The number of aromatic nitrogens is 2. The monoisotopic (exact) mass is 231 g/mol. The Balaban J connectivity index is 1.88. The molecule has 2 rings (SSSR count). The van der Waals surface area contributed by atoms with Crippen LogP contribution in [0.15, 0.2) is 36.5 Å². The third-order valence-corrected chi connectivity index (χ3v) is 2.74. The van der Waals surface area contributed by atoms with Crippen LogP contribution in [0.2, 0.25) is 0 Å². The predicted molar refractivity (Wildman–Crippen MR) is 66.8 cm³/mol. The summed E-state index contributed by atoms with van der Waals surface area (Å²) < 4.78 is 7.54. The van der Waals surface area contributed by atoms with Gasteiger partial charge in [-0.3, -0.25) is 4.68 Å². The number of benzene rings is 1. The van der Waals surface area contributed by atoms with Crippen molar-refractivity contribution in [2.75, 3.05) is 6.61 Å². The molecule has 0 fully saturated rings. The zero-order valence-electron chi connectivity index (χ0n) is 9.97. The Labute approximate surface area is 101 Å². The van der Waals surface area contributed by atoms with Gasteiger partial charge in [0.2, 0.25) is 0 Å². The lowest BCUT2D eigenvalue weighted by molar-refractivity contribution is 0.290. The molecule has 17 heavy (non-hydrogen) atoms. The maximum atomic E-state index is 5.62. The minimum Gasteiger partial charge on any atom is -0.492 e. The number of rotatable bonds is 5. The van der Waals surface area contributed by atoms with Crippen molar-refractivity contribution in [1.82, 2.24) is 9.78 Å². The van der Waals surface area contributed by atoms with E-state index in [1.807, 2.05) is 48.1 Å². The second-order valence-electron chi connectivity index (χ2n) is 3.84. The van der Waals surface area contributed by atoms with Crippen molar-refractivity contribution in [3.8, 4) is 5.75 Å². The lowest BCUT2D eigenvalue weighted by Gasteiger charge is -2.07. The van der Waals surface area contributed by atoms with Gasteiger partial charge in [0.1, 0.15) is 12.4 Å². The van der Waals surface area contributed by atoms with Crippen LogP contribution >= 0.6 is 0 Å². The predicted octanol–water partition coefficient (Wildman–Crippen LogP) is 1.73. The molecule has 0 aliphatic rings. The van der Waals surface area contributed by atoms with Gasteiger partial charge >= 0.3 is 0 Å². The molecular formula is C13H17N3O. The molecule has 1 aromatic heterocycles. The highest BCUT2D eigenvalue weighted by molar-refractivity contribution is 5.21. The summed E-state index contributed by atoms with van der Waals surface area (Å²) in [5, 5.41) is 4.27. The minimum absolute atomic E-state index is 0.533. The average Bonchev–Trinajstić information content (AvgIpc) is 2.72. The summed E-state index contributed by atoms with van der Waals surface area (Å²) in [6.07, 6.45) is 1.82. The summed E-state index contributed by atoms with van der Waals surface area (Å²) in [6.45, 7) is 3.90. The van der Waals surface area contributed by atoms with Crippen LogP contribution in [-0.2, 0) is 13.1 Å². The van der Waals surface area contributed by atoms with Gasteiger partial charge in [-0.05, 0) is 19.1 Å². The lowest BCUT2D eigenvalue weighted by atomic mass is 10.3. The van der Waals surface area contributed by atoms with Gasteiger partial charge < -0.3 is 10.5 Å². The van der Waals surface area contributed by atoms with Gasteiger partial charge in [0.25, 0.3) is 0 Å². The number of nitrogens with zero attached hydrogens (tertiary/aromatic N) is 2. The Bertz CT molecular complexity index is 465. The van der Waals surface area contributed by atoms with Crippen LogP contribution in [0.1, 0.15) is 11.3 Å². The van der Waals surface area contributed by atoms with E-state index in [4.69, 9.17) is 10.5 Å². The minimum atomic E-state index is 0.533. The molecule has 4 heteroatoms. The van der Waals surface area contributed by atoms with E-state index in [2.05, 4.69) is 5.10 Å². The number of hydrogen-bond acceptors (Lipinski definition) is 3. The van der Waals surface area contributed by atoms with Crippen LogP contribution in [0, 0.1) is 6.92 Å². The summed E-state index contributed by atoms with van der Waals surface area (Å²) in [4.78, 5) is 0. The fourth-order valence-corrected chi connectivity index (χ4v) is 1.68. The molecule has 0 bridgehead atoms. The van der Waals surface area contributed by atoms with E-state index in [1.54, 1.807) is 0 Å². The zero-order chi connectivity index (χ0) is 12.1. The molecule has 0 amide bonds. The molecule has 0 aliphatic carbocycles. The Hall–Kier alpha value is -1.81. The smallest absolute Gasteiger partial charge is 0.119 e. The number of ether oxygens (including phenoxy) is 1. The standard InChI is InChI=1S/C13H17N3O/c1-11-12(9-14)10-15-16(11)7-8-17-13-5-3-2-4-6-13/h2-6,10H,7-9,14H2,1H3. The summed E-state index contributed by atoms with van der Waals surface area (Å²) >= 11 is 0. The van der Waals surface area contributed by atoms with Crippen molar-refractivity contribution < 1.29 is 4.74 Å². The molecule has 0 saturated carbocycles. The van der Waals surface area contributed by atoms with Gasteiger partial charge in [-0.25, -0.2) is 0 Å². The first kappa shape index (κ1) is 11.7. The molecule has 0 radical (unpaired) electrons. The van der Waals surface area contributed by atoms with Crippen molar-refractivity contribution >= 4 is 0 Å². The van der Waals surface area contributed by atoms with Crippen LogP contribution < -0.4 is 10.5 Å². The molecule has 0 saturated heterocycles. The molecule has 0 spiro atoms. The second kappa shape index (κ2) is 5.50. The van der Waals surface area contributed by atoms with E-state index in [0.29, 0.717) is 13.2 Å². The molecule has 1 aromatic carbocycles. The van der Waals surface area contributed by atoms with Crippen LogP contribution in [0.3, 0.4) is 0 Å². The summed E-state index contributed by atoms with van der Waals surface area (Å²) in [7, 11) is 0. The molecule has 0 atom stereocenters. The normalized spacial score (nSPS) is 10.5. The molecule has 2 N–H and O–H groups in total. The maximum Gasteiger partial charge on any atom is 0.119 e. The van der Waals surface area contributed by atoms with E-state index in [0.717, 1.165) is 23.6 Å². The van der Waals surface area contributed by atoms with Gasteiger partial charge in [0.15, 0.2) is 0 Å². The molecule has 0 aliphatic heterocycles. The fourth-order valence-electron chi connectivity index (χ4n) is 1.68. The van der Waals surface area contributed by atoms with E-state index >= 15 is 0 Å². The number of para-hydroxylation sites is 1. The van der Waals surface area contributed by atoms with E-state index in [1.165, 1.54) is 0 Å². The van der Waals surface area contributed by atoms with Crippen molar-refractivity contribution in [1.29, 1.82) is 0 Å². The fraction of sp³-hybridized carbons (Fsp3) is 0.308. The highest BCUT2D eigenvalue weighted by Gasteiger charge is 2.04. The number of nitrogens with two attached hydrogens (primary N) is 1. The molecule has 90 valence electrons. The first-order valence-corrected chi connectivity index (χ1v) is 5.70. The first-order valence-electron chi connectivity index (χ1n) is 5.70. The third-order valence-electron chi connectivity index (χ3n) is 2.74.